The maximum absolute atomic E-state index is 12.3. The molecule has 2 rings (SSSR count). The fourth-order valence-corrected chi connectivity index (χ4v) is 3.42. The van der Waals surface area contributed by atoms with E-state index in [2.05, 4.69) is 10.3 Å². The van der Waals surface area contributed by atoms with Crippen LogP contribution in [0, 0.1) is 0 Å². The number of ether oxygens (including phenoxy) is 1. The third-order valence-corrected chi connectivity index (χ3v) is 5.56. The molecule has 0 aliphatic carbocycles. The molecule has 0 saturated carbocycles. The van der Waals surface area contributed by atoms with Crippen LogP contribution >= 0.6 is 11.3 Å². The Morgan fingerprint density at radius 3 is 2.71 bits per heavy atom. The normalized spacial score (nSPS) is 11.8. The van der Waals surface area contributed by atoms with Crippen LogP contribution in [0.1, 0.15) is 5.56 Å². The van der Waals surface area contributed by atoms with Crippen molar-refractivity contribution in [2.75, 3.05) is 26.5 Å². The van der Waals surface area contributed by atoms with E-state index in [0.717, 1.165) is 4.31 Å². The molecule has 0 saturated heterocycles. The van der Waals surface area contributed by atoms with Crippen molar-refractivity contribution in [3.8, 4) is 5.75 Å². The van der Waals surface area contributed by atoms with Crippen LogP contribution in [0.5, 0.6) is 5.75 Å². The van der Waals surface area contributed by atoms with E-state index in [-0.39, 0.29) is 16.6 Å². The number of aromatic nitrogens is 1. The zero-order valence-electron chi connectivity index (χ0n) is 13.4. The minimum atomic E-state index is -3.66. The molecule has 0 unspecified atom stereocenters. The second-order valence-electron chi connectivity index (χ2n) is 4.86. The summed E-state index contributed by atoms with van der Waals surface area (Å²) in [6.45, 7) is 0. The lowest BCUT2D eigenvalue weighted by Crippen LogP contribution is -2.22. The zero-order valence-corrected chi connectivity index (χ0v) is 15.0. The number of amides is 1. The Morgan fingerprint density at radius 1 is 1.38 bits per heavy atom. The molecule has 9 heteroatoms. The molecule has 1 heterocycles. The summed E-state index contributed by atoms with van der Waals surface area (Å²) in [6, 6.07) is 4.68. The molecular formula is C15H17N3O4S2. The molecule has 24 heavy (non-hydrogen) atoms. The van der Waals surface area contributed by atoms with Crippen molar-refractivity contribution >= 4 is 38.5 Å². The van der Waals surface area contributed by atoms with Gasteiger partial charge in [-0.2, -0.15) is 0 Å². The molecule has 0 atom stereocenters. The van der Waals surface area contributed by atoms with Gasteiger partial charge in [0.15, 0.2) is 5.13 Å². The molecule has 1 N–H and O–H groups in total. The van der Waals surface area contributed by atoms with Crippen LogP contribution in [0.4, 0.5) is 5.13 Å². The molecular weight excluding hydrogens is 350 g/mol. The Morgan fingerprint density at radius 2 is 2.12 bits per heavy atom. The quantitative estimate of drug-likeness (QED) is 0.790. The molecule has 0 radical (unpaired) electrons. The third-order valence-electron chi connectivity index (χ3n) is 3.04. The van der Waals surface area contributed by atoms with Crippen LogP contribution in [-0.2, 0) is 14.8 Å². The van der Waals surface area contributed by atoms with Gasteiger partial charge in [-0.15, -0.1) is 11.3 Å². The van der Waals surface area contributed by atoms with Crippen molar-refractivity contribution in [1.29, 1.82) is 0 Å². The van der Waals surface area contributed by atoms with Crippen molar-refractivity contribution in [3.05, 3.63) is 41.4 Å². The summed E-state index contributed by atoms with van der Waals surface area (Å²) >= 11 is 1.31. The van der Waals surface area contributed by atoms with Crippen LogP contribution < -0.4 is 10.1 Å². The SMILES string of the molecule is COc1ccc(/C=C/C(=O)Nc2nccs2)cc1S(=O)(=O)N(C)C. The number of benzene rings is 1. The molecule has 0 fully saturated rings. The Bertz CT molecular complexity index is 844. The van der Waals surface area contributed by atoms with Crippen molar-refractivity contribution in [2.24, 2.45) is 0 Å². The maximum Gasteiger partial charge on any atom is 0.250 e. The maximum atomic E-state index is 12.3. The molecule has 7 nitrogen and oxygen atoms in total. The fraction of sp³-hybridized carbons (Fsp3) is 0.200. The first-order valence-corrected chi connectivity index (χ1v) is 9.15. The lowest BCUT2D eigenvalue weighted by Gasteiger charge is -2.14. The van der Waals surface area contributed by atoms with E-state index in [9.17, 15) is 13.2 Å². The van der Waals surface area contributed by atoms with Crippen LogP contribution in [0.15, 0.2) is 40.7 Å². The van der Waals surface area contributed by atoms with Gasteiger partial charge in [0.05, 0.1) is 7.11 Å². The molecule has 0 bridgehead atoms. The minimum absolute atomic E-state index is 0.0393. The molecule has 128 valence electrons. The molecule has 1 aromatic heterocycles. The number of nitrogens with zero attached hydrogens (tertiary/aromatic N) is 2. The average Bonchev–Trinajstić information content (AvgIpc) is 3.05. The standard InChI is InChI=1S/C15H17N3O4S2/c1-18(2)24(20,21)13-10-11(4-6-12(13)22-3)5-7-14(19)17-15-16-8-9-23-15/h4-10H,1-3H3,(H,16,17,19)/b7-5+. The van der Waals surface area contributed by atoms with E-state index < -0.39 is 10.0 Å². The summed E-state index contributed by atoms with van der Waals surface area (Å²) < 4.78 is 30.9. The van der Waals surface area contributed by atoms with Gasteiger partial charge in [-0.05, 0) is 23.8 Å². The second-order valence-corrected chi connectivity index (χ2v) is 7.87. The van der Waals surface area contributed by atoms with Gasteiger partial charge in [0.1, 0.15) is 10.6 Å². The van der Waals surface area contributed by atoms with Crippen molar-refractivity contribution in [2.45, 2.75) is 4.90 Å². The van der Waals surface area contributed by atoms with Gasteiger partial charge in [0.25, 0.3) is 0 Å². The molecule has 0 aliphatic heterocycles. The predicted molar refractivity (Wildman–Crippen MR) is 93.6 cm³/mol. The number of methoxy groups -OCH3 is 1. The smallest absolute Gasteiger partial charge is 0.250 e. The summed E-state index contributed by atoms with van der Waals surface area (Å²) in [6.07, 6.45) is 4.43. The zero-order chi connectivity index (χ0) is 17.7. The van der Waals surface area contributed by atoms with Crippen LogP contribution in [0.2, 0.25) is 0 Å². The van der Waals surface area contributed by atoms with Crippen molar-refractivity contribution in [1.82, 2.24) is 9.29 Å². The van der Waals surface area contributed by atoms with Crippen molar-refractivity contribution in [3.63, 3.8) is 0 Å². The second kappa shape index (κ2) is 7.56. The number of carbonyl (C=O) groups excluding carboxylic acids is 1. The van der Waals surface area contributed by atoms with Gasteiger partial charge in [0, 0.05) is 31.7 Å². The summed E-state index contributed by atoms with van der Waals surface area (Å²) in [5.41, 5.74) is 0.561. The highest BCUT2D eigenvalue weighted by molar-refractivity contribution is 7.89. The molecule has 0 spiro atoms. The van der Waals surface area contributed by atoms with E-state index in [1.807, 2.05) is 0 Å². The highest BCUT2D eigenvalue weighted by Crippen LogP contribution is 2.27. The highest BCUT2D eigenvalue weighted by atomic mass is 32.2. The number of carbonyl (C=O) groups is 1. The summed E-state index contributed by atoms with van der Waals surface area (Å²) in [5.74, 6) is -0.106. The summed E-state index contributed by atoms with van der Waals surface area (Å²) in [4.78, 5) is 15.8. The van der Waals surface area contributed by atoms with Gasteiger partial charge >= 0.3 is 0 Å². The van der Waals surface area contributed by atoms with E-state index >= 15 is 0 Å². The Balaban J connectivity index is 2.25. The molecule has 1 amide bonds. The van der Waals surface area contributed by atoms with Gasteiger partial charge < -0.3 is 4.74 Å². The minimum Gasteiger partial charge on any atom is -0.495 e. The lowest BCUT2D eigenvalue weighted by molar-refractivity contribution is -0.111. The van der Waals surface area contributed by atoms with Gasteiger partial charge in [0.2, 0.25) is 15.9 Å². The number of anilines is 1. The van der Waals surface area contributed by atoms with Gasteiger partial charge in [-0.3, -0.25) is 10.1 Å². The summed E-state index contributed by atoms with van der Waals surface area (Å²) in [5, 5.41) is 4.86. The average molecular weight is 367 g/mol. The van der Waals surface area contributed by atoms with E-state index in [1.54, 1.807) is 23.7 Å². The molecule has 2 aromatic rings. The van der Waals surface area contributed by atoms with E-state index in [0.29, 0.717) is 10.7 Å². The Kier molecular flexibility index (Phi) is 5.71. The number of rotatable bonds is 6. The van der Waals surface area contributed by atoms with Crippen LogP contribution in [0.3, 0.4) is 0 Å². The van der Waals surface area contributed by atoms with E-state index in [4.69, 9.17) is 4.74 Å². The van der Waals surface area contributed by atoms with Crippen LogP contribution in [-0.4, -0.2) is 44.8 Å². The van der Waals surface area contributed by atoms with Crippen LogP contribution in [0.25, 0.3) is 6.08 Å². The first-order valence-electron chi connectivity index (χ1n) is 6.83. The number of thiazole rings is 1. The molecule has 1 aromatic carbocycles. The number of nitrogens with one attached hydrogen (secondary N) is 1. The number of sulfonamides is 1. The largest absolute Gasteiger partial charge is 0.495 e. The first-order chi connectivity index (χ1) is 11.3. The highest BCUT2D eigenvalue weighted by Gasteiger charge is 2.22. The fourth-order valence-electron chi connectivity index (χ4n) is 1.80. The predicted octanol–water partition coefficient (Wildman–Crippen LogP) is 2.05. The van der Waals surface area contributed by atoms with E-state index in [1.165, 1.54) is 50.8 Å². The summed E-state index contributed by atoms with van der Waals surface area (Å²) in [7, 11) is 0.634. The lowest BCUT2D eigenvalue weighted by atomic mass is 10.2. The van der Waals surface area contributed by atoms with Crippen molar-refractivity contribution < 1.29 is 17.9 Å². The third kappa shape index (κ3) is 4.19. The van der Waals surface area contributed by atoms with Gasteiger partial charge in [-0.1, -0.05) is 6.07 Å². The monoisotopic (exact) mass is 367 g/mol. The van der Waals surface area contributed by atoms with Gasteiger partial charge in [-0.25, -0.2) is 17.7 Å². The Labute approximate surface area is 144 Å². The molecule has 0 aliphatic rings. The number of hydrogen-bond donors (Lipinski definition) is 1. The number of hydrogen-bond acceptors (Lipinski definition) is 6. The topological polar surface area (TPSA) is 88.6 Å². The Hall–Kier alpha value is -2.23. The first kappa shape index (κ1) is 18.1.